The summed E-state index contributed by atoms with van der Waals surface area (Å²) in [6.45, 7) is 8.80. The fourth-order valence-electron chi connectivity index (χ4n) is 5.97. The van der Waals surface area contributed by atoms with Crippen molar-refractivity contribution in [2.24, 2.45) is 28.1 Å². The lowest BCUT2D eigenvalue weighted by atomic mass is 9.45. The van der Waals surface area contributed by atoms with E-state index in [1.165, 1.54) is 19.3 Å². The highest BCUT2D eigenvalue weighted by atomic mass is 16.3. The number of fused-ring (bicyclic) bond motifs is 3. The summed E-state index contributed by atoms with van der Waals surface area (Å²) >= 11 is 0. The normalized spacial score (nSPS) is 44.1. The Hall–Kier alpha value is -0.670. The summed E-state index contributed by atoms with van der Waals surface area (Å²) in [4.78, 5) is 12.9. The van der Waals surface area contributed by atoms with Crippen LogP contribution in [0.4, 0.5) is 0 Å². The van der Waals surface area contributed by atoms with Gasteiger partial charge in [0.05, 0.1) is 12.7 Å². The van der Waals surface area contributed by atoms with Gasteiger partial charge in [0.2, 0.25) is 0 Å². The molecule has 0 aromatic heterocycles. The maximum Gasteiger partial charge on any atom is 0.159 e. The van der Waals surface area contributed by atoms with Gasteiger partial charge in [0, 0.05) is 11.8 Å². The summed E-state index contributed by atoms with van der Waals surface area (Å²) in [6.07, 6.45) is 7.35. The summed E-state index contributed by atoms with van der Waals surface area (Å²) in [5.41, 5.74) is 0.915. The molecule has 0 unspecified atom stereocenters. The molecule has 0 spiro atoms. The van der Waals surface area contributed by atoms with Crippen molar-refractivity contribution in [1.29, 1.82) is 0 Å². The number of rotatable bonds is 2. The Morgan fingerprint density at radius 2 is 1.91 bits per heavy atom. The average Bonchev–Trinajstić information content (AvgIpc) is 2.48. The molecular formula is C20H32O3. The first-order valence-corrected chi connectivity index (χ1v) is 9.19. The van der Waals surface area contributed by atoms with Gasteiger partial charge in [0.25, 0.3) is 0 Å². The number of carbonyl (C=O) groups is 1. The molecule has 2 N–H and O–H groups in total. The largest absolute Gasteiger partial charge is 0.394 e. The smallest absolute Gasteiger partial charge is 0.159 e. The van der Waals surface area contributed by atoms with Crippen molar-refractivity contribution in [2.45, 2.75) is 72.3 Å². The molecule has 0 aliphatic heterocycles. The minimum absolute atomic E-state index is 0.201. The minimum atomic E-state index is -0.780. The molecule has 0 radical (unpaired) electrons. The van der Waals surface area contributed by atoms with E-state index in [-0.39, 0.29) is 23.2 Å². The zero-order valence-electron chi connectivity index (χ0n) is 15.1. The van der Waals surface area contributed by atoms with Gasteiger partial charge >= 0.3 is 0 Å². The van der Waals surface area contributed by atoms with Crippen LogP contribution in [0.3, 0.4) is 0 Å². The molecule has 0 aromatic rings. The van der Waals surface area contributed by atoms with E-state index in [4.69, 9.17) is 0 Å². The number of ketones is 1. The van der Waals surface area contributed by atoms with E-state index in [2.05, 4.69) is 20.8 Å². The topological polar surface area (TPSA) is 57.5 Å². The zero-order valence-corrected chi connectivity index (χ0v) is 15.1. The van der Waals surface area contributed by atoms with Gasteiger partial charge in [0.1, 0.15) is 0 Å². The van der Waals surface area contributed by atoms with Crippen molar-refractivity contribution in [1.82, 2.24) is 0 Å². The van der Waals surface area contributed by atoms with Crippen LogP contribution in [0.1, 0.15) is 66.2 Å². The van der Waals surface area contributed by atoms with Crippen molar-refractivity contribution in [3.8, 4) is 0 Å². The van der Waals surface area contributed by atoms with Crippen molar-refractivity contribution >= 4 is 5.78 Å². The molecule has 0 amide bonds. The molecule has 2 saturated carbocycles. The number of aliphatic hydroxyl groups excluding tert-OH is 2. The maximum atomic E-state index is 12.9. The van der Waals surface area contributed by atoms with Gasteiger partial charge in [0.15, 0.2) is 5.78 Å². The first-order chi connectivity index (χ1) is 10.6. The van der Waals surface area contributed by atoms with Gasteiger partial charge in [-0.3, -0.25) is 4.79 Å². The van der Waals surface area contributed by atoms with E-state index < -0.39 is 11.5 Å². The van der Waals surface area contributed by atoms with E-state index in [0.29, 0.717) is 18.3 Å². The second-order valence-electron chi connectivity index (χ2n) is 9.42. The van der Waals surface area contributed by atoms with Crippen LogP contribution in [0, 0.1) is 28.1 Å². The molecule has 0 bridgehead atoms. The quantitative estimate of drug-likeness (QED) is 0.819. The van der Waals surface area contributed by atoms with Gasteiger partial charge in [-0.15, -0.1) is 0 Å². The molecule has 2 fully saturated rings. The molecule has 0 heterocycles. The van der Waals surface area contributed by atoms with E-state index in [0.717, 1.165) is 18.4 Å². The van der Waals surface area contributed by atoms with Crippen LogP contribution in [0.5, 0.6) is 0 Å². The molecule has 23 heavy (non-hydrogen) atoms. The Kier molecular flexibility index (Phi) is 4.04. The predicted octanol–water partition coefficient (Wildman–Crippen LogP) is 3.49. The first-order valence-electron chi connectivity index (χ1n) is 9.19. The molecule has 3 aliphatic rings. The Morgan fingerprint density at radius 1 is 1.22 bits per heavy atom. The van der Waals surface area contributed by atoms with E-state index in [9.17, 15) is 15.0 Å². The first kappa shape index (κ1) is 17.2. The fraction of sp³-hybridized carbons (Fsp3) is 0.850. The highest BCUT2D eigenvalue weighted by molar-refractivity contribution is 5.97. The molecule has 3 heteroatoms. The SMILES string of the molecule is CC1(C)CCC[C@@]2(C)[C@@H]3CC[C@@](C)([C@@H](O)CO)C=C3C(=O)C[C@H]12. The number of allylic oxidation sites excluding steroid dienone is 1. The van der Waals surface area contributed by atoms with Crippen molar-refractivity contribution in [3.05, 3.63) is 11.6 Å². The summed E-state index contributed by atoms with van der Waals surface area (Å²) in [6, 6.07) is 0. The van der Waals surface area contributed by atoms with Crippen LogP contribution in [0.15, 0.2) is 11.6 Å². The number of aliphatic hydroxyl groups is 2. The summed E-state index contributed by atoms with van der Waals surface area (Å²) in [5.74, 6) is 1.07. The summed E-state index contributed by atoms with van der Waals surface area (Å²) in [5, 5.41) is 19.5. The van der Waals surface area contributed by atoms with Crippen molar-refractivity contribution in [2.75, 3.05) is 6.61 Å². The highest BCUT2D eigenvalue weighted by Crippen LogP contribution is 2.63. The van der Waals surface area contributed by atoms with Crippen LogP contribution in [-0.4, -0.2) is 28.7 Å². The number of carbonyl (C=O) groups excluding carboxylic acids is 1. The molecule has 3 nitrogen and oxygen atoms in total. The minimum Gasteiger partial charge on any atom is -0.394 e. The van der Waals surface area contributed by atoms with E-state index in [1.54, 1.807) is 0 Å². The van der Waals surface area contributed by atoms with Crippen LogP contribution >= 0.6 is 0 Å². The third-order valence-corrected chi connectivity index (χ3v) is 7.55. The second-order valence-corrected chi connectivity index (χ2v) is 9.42. The van der Waals surface area contributed by atoms with Crippen LogP contribution in [0.2, 0.25) is 0 Å². The predicted molar refractivity (Wildman–Crippen MR) is 90.9 cm³/mol. The molecule has 0 saturated heterocycles. The second kappa shape index (κ2) is 5.42. The van der Waals surface area contributed by atoms with Crippen LogP contribution in [-0.2, 0) is 4.79 Å². The molecular weight excluding hydrogens is 288 g/mol. The van der Waals surface area contributed by atoms with Crippen LogP contribution < -0.4 is 0 Å². The van der Waals surface area contributed by atoms with Crippen molar-refractivity contribution < 1.29 is 15.0 Å². The zero-order chi connectivity index (χ0) is 17.0. The summed E-state index contributed by atoms with van der Waals surface area (Å²) in [7, 11) is 0. The molecule has 130 valence electrons. The van der Waals surface area contributed by atoms with Gasteiger partial charge in [-0.25, -0.2) is 0 Å². The molecule has 3 rings (SSSR count). The standard InChI is InChI=1S/C20H32O3/c1-18(2)7-5-8-20(4)14-6-9-19(3,17(23)12-21)11-13(14)15(22)10-16(18)20/h11,14,16-17,21,23H,5-10,12H2,1-4H3/t14-,16-,17+,19-,20+/m1/s1. The third-order valence-electron chi connectivity index (χ3n) is 7.55. The van der Waals surface area contributed by atoms with Crippen molar-refractivity contribution in [3.63, 3.8) is 0 Å². The highest BCUT2D eigenvalue weighted by Gasteiger charge is 2.57. The lowest BCUT2D eigenvalue weighted by Crippen LogP contribution is -2.53. The monoisotopic (exact) mass is 320 g/mol. The fourth-order valence-corrected chi connectivity index (χ4v) is 5.97. The number of hydrogen-bond donors (Lipinski definition) is 2. The van der Waals surface area contributed by atoms with E-state index in [1.807, 2.05) is 13.0 Å². The van der Waals surface area contributed by atoms with Gasteiger partial charge < -0.3 is 10.2 Å². The Bertz CT molecular complexity index is 535. The van der Waals surface area contributed by atoms with Crippen LogP contribution in [0.25, 0.3) is 0 Å². The molecule has 3 aliphatic carbocycles. The number of Topliss-reactive ketones (excluding diaryl/α,β-unsaturated/α-hetero) is 1. The summed E-state index contributed by atoms with van der Waals surface area (Å²) < 4.78 is 0. The lowest BCUT2D eigenvalue weighted by Gasteiger charge is -2.59. The Morgan fingerprint density at radius 3 is 2.57 bits per heavy atom. The molecule has 5 atom stereocenters. The Labute approximate surface area is 140 Å². The Balaban J connectivity index is 2.01. The maximum absolute atomic E-state index is 12.9. The number of hydrogen-bond acceptors (Lipinski definition) is 3. The third kappa shape index (κ3) is 2.51. The average molecular weight is 320 g/mol. The molecule has 0 aromatic carbocycles. The van der Waals surface area contributed by atoms with Gasteiger partial charge in [-0.2, -0.15) is 0 Å². The lowest BCUT2D eigenvalue weighted by molar-refractivity contribution is -0.132. The van der Waals surface area contributed by atoms with Gasteiger partial charge in [-0.1, -0.05) is 40.2 Å². The van der Waals surface area contributed by atoms with Gasteiger partial charge in [-0.05, 0) is 53.9 Å². The van der Waals surface area contributed by atoms with E-state index >= 15 is 0 Å².